The van der Waals surface area contributed by atoms with Crippen LogP contribution in [0.5, 0.6) is 5.75 Å². The summed E-state index contributed by atoms with van der Waals surface area (Å²) < 4.78 is 8.60. The normalized spacial score (nSPS) is 10.9. The number of nitrogens with zero attached hydrogens (tertiary/aromatic N) is 2. The number of rotatable bonds is 6. The van der Waals surface area contributed by atoms with Crippen LogP contribution in [0.3, 0.4) is 0 Å². The van der Waals surface area contributed by atoms with Crippen molar-refractivity contribution in [3.05, 3.63) is 44.6 Å². The summed E-state index contributed by atoms with van der Waals surface area (Å²) in [7, 11) is 1.83. The van der Waals surface area contributed by atoms with Crippen LogP contribution in [0.2, 0.25) is 5.15 Å². The predicted octanol–water partition coefficient (Wildman–Crippen LogP) is 3.83. The average molecular weight is 373 g/mol. The van der Waals surface area contributed by atoms with E-state index in [1.54, 1.807) is 4.68 Å². The quantitative estimate of drug-likeness (QED) is 0.837. The number of aryl methyl sites for hydroxylation is 2. The highest BCUT2D eigenvalue weighted by Gasteiger charge is 2.14. The summed E-state index contributed by atoms with van der Waals surface area (Å²) in [5.74, 6) is 0.845. The van der Waals surface area contributed by atoms with E-state index in [1.807, 2.05) is 26.1 Å². The summed E-state index contributed by atoms with van der Waals surface area (Å²) in [4.78, 5) is 0. The Morgan fingerprint density at radius 1 is 1.43 bits per heavy atom. The van der Waals surface area contributed by atoms with E-state index in [4.69, 9.17) is 16.3 Å². The van der Waals surface area contributed by atoms with Crippen LogP contribution in [0.1, 0.15) is 23.7 Å². The van der Waals surface area contributed by atoms with Crippen LogP contribution in [0, 0.1) is 6.92 Å². The molecule has 0 aliphatic carbocycles. The first-order valence-corrected chi connectivity index (χ1v) is 8.00. The van der Waals surface area contributed by atoms with Crippen molar-refractivity contribution in [3.63, 3.8) is 0 Å². The van der Waals surface area contributed by atoms with Crippen molar-refractivity contribution in [2.45, 2.75) is 27.0 Å². The van der Waals surface area contributed by atoms with E-state index in [2.05, 4.69) is 39.3 Å². The number of nitrogens with one attached hydrogen (secondary N) is 1. The number of hydrogen-bond donors (Lipinski definition) is 1. The van der Waals surface area contributed by atoms with Crippen molar-refractivity contribution in [2.24, 2.45) is 7.05 Å². The third kappa shape index (κ3) is 3.78. The fourth-order valence-electron chi connectivity index (χ4n) is 2.10. The van der Waals surface area contributed by atoms with Gasteiger partial charge in [-0.3, -0.25) is 4.68 Å². The van der Waals surface area contributed by atoms with Gasteiger partial charge in [0.05, 0.1) is 10.2 Å². The third-order valence-electron chi connectivity index (χ3n) is 3.24. The summed E-state index contributed by atoms with van der Waals surface area (Å²) in [6.45, 7) is 6.10. The second-order valence-corrected chi connectivity index (χ2v) is 5.99. The molecule has 4 nitrogen and oxygen atoms in total. The average Bonchev–Trinajstić information content (AvgIpc) is 2.69. The molecule has 2 rings (SSSR count). The second kappa shape index (κ2) is 7.29. The second-order valence-electron chi connectivity index (χ2n) is 4.78. The molecule has 1 N–H and O–H groups in total. The maximum atomic E-state index is 6.24. The Balaban J connectivity index is 2.19. The molecule has 114 valence electrons. The summed E-state index contributed by atoms with van der Waals surface area (Å²) in [6, 6.07) is 6.04. The fourth-order valence-corrected chi connectivity index (χ4v) is 2.85. The lowest BCUT2D eigenvalue weighted by Crippen LogP contribution is -2.13. The Labute approximate surface area is 138 Å². The maximum absolute atomic E-state index is 6.24. The molecule has 0 aliphatic rings. The highest BCUT2D eigenvalue weighted by Crippen LogP contribution is 2.31. The Morgan fingerprint density at radius 2 is 2.19 bits per heavy atom. The summed E-state index contributed by atoms with van der Waals surface area (Å²) in [6.07, 6.45) is 0. The molecule has 6 heteroatoms. The first kappa shape index (κ1) is 16.3. The minimum absolute atomic E-state index is 0.403. The Kier molecular flexibility index (Phi) is 5.67. The molecule has 1 aromatic heterocycles. The first-order chi connectivity index (χ1) is 10.0. The Bertz CT molecular complexity index is 628. The van der Waals surface area contributed by atoms with Gasteiger partial charge in [0.25, 0.3) is 0 Å². The number of benzene rings is 1. The van der Waals surface area contributed by atoms with Crippen molar-refractivity contribution in [3.8, 4) is 5.75 Å². The highest BCUT2D eigenvalue weighted by molar-refractivity contribution is 9.10. The highest BCUT2D eigenvalue weighted by atomic mass is 79.9. The first-order valence-electron chi connectivity index (χ1n) is 6.83. The van der Waals surface area contributed by atoms with Gasteiger partial charge in [-0.2, -0.15) is 5.10 Å². The molecular weight excluding hydrogens is 354 g/mol. The van der Waals surface area contributed by atoms with E-state index in [1.165, 1.54) is 0 Å². The standard InChI is InChI=1S/C15H19BrClN3O/c1-4-18-8-11-6-5-7-13(16)14(11)21-9-12-10(2)19-20(3)15(12)17/h5-7,18H,4,8-9H2,1-3H3. The third-order valence-corrected chi connectivity index (χ3v) is 4.34. The van der Waals surface area contributed by atoms with Crippen LogP contribution in [0.4, 0.5) is 0 Å². The van der Waals surface area contributed by atoms with Gasteiger partial charge in [-0.05, 0) is 35.5 Å². The number of ether oxygens (including phenoxy) is 1. The molecule has 0 aliphatic heterocycles. The number of aromatic nitrogens is 2. The van der Waals surface area contributed by atoms with Gasteiger partial charge < -0.3 is 10.1 Å². The van der Waals surface area contributed by atoms with E-state index >= 15 is 0 Å². The zero-order chi connectivity index (χ0) is 15.4. The number of hydrogen-bond acceptors (Lipinski definition) is 3. The molecule has 0 radical (unpaired) electrons. The van der Waals surface area contributed by atoms with Crippen molar-refractivity contribution >= 4 is 27.5 Å². The minimum atomic E-state index is 0.403. The van der Waals surface area contributed by atoms with E-state index < -0.39 is 0 Å². The Hall–Kier alpha value is -1.04. The lowest BCUT2D eigenvalue weighted by molar-refractivity contribution is 0.299. The molecule has 0 unspecified atom stereocenters. The van der Waals surface area contributed by atoms with Crippen LogP contribution in [-0.2, 0) is 20.2 Å². The fraction of sp³-hybridized carbons (Fsp3) is 0.400. The number of para-hydroxylation sites is 1. The summed E-state index contributed by atoms with van der Waals surface area (Å²) >= 11 is 9.79. The molecule has 21 heavy (non-hydrogen) atoms. The maximum Gasteiger partial charge on any atom is 0.138 e. The van der Waals surface area contributed by atoms with Crippen LogP contribution < -0.4 is 10.1 Å². The van der Waals surface area contributed by atoms with E-state index in [0.29, 0.717) is 11.8 Å². The molecule has 0 saturated carbocycles. The van der Waals surface area contributed by atoms with Gasteiger partial charge in [0, 0.05) is 24.7 Å². The van der Waals surface area contributed by atoms with Crippen LogP contribution in [-0.4, -0.2) is 16.3 Å². The van der Waals surface area contributed by atoms with Crippen molar-refractivity contribution < 1.29 is 4.74 Å². The molecule has 1 aromatic carbocycles. The van der Waals surface area contributed by atoms with E-state index in [0.717, 1.165) is 40.1 Å². The molecule has 0 spiro atoms. The van der Waals surface area contributed by atoms with Crippen LogP contribution in [0.25, 0.3) is 0 Å². The van der Waals surface area contributed by atoms with Crippen LogP contribution >= 0.6 is 27.5 Å². The molecule has 0 saturated heterocycles. The lowest BCUT2D eigenvalue weighted by atomic mass is 10.2. The van der Waals surface area contributed by atoms with Gasteiger partial charge in [-0.1, -0.05) is 30.7 Å². The molecule has 0 atom stereocenters. The monoisotopic (exact) mass is 371 g/mol. The summed E-state index contributed by atoms with van der Waals surface area (Å²) in [5.41, 5.74) is 2.93. The number of halogens is 2. The smallest absolute Gasteiger partial charge is 0.138 e. The molecule has 2 aromatic rings. The van der Waals surface area contributed by atoms with E-state index in [-0.39, 0.29) is 0 Å². The lowest BCUT2D eigenvalue weighted by Gasteiger charge is -2.13. The van der Waals surface area contributed by atoms with Gasteiger partial charge in [0.2, 0.25) is 0 Å². The van der Waals surface area contributed by atoms with Crippen molar-refractivity contribution in [2.75, 3.05) is 6.54 Å². The molecule has 0 fully saturated rings. The van der Waals surface area contributed by atoms with Gasteiger partial charge in [-0.25, -0.2) is 0 Å². The zero-order valence-electron chi connectivity index (χ0n) is 12.4. The molecule has 0 bridgehead atoms. The topological polar surface area (TPSA) is 39.1 Å². The molecular formula is C15H19BrClN3O. The van der Waals surface area contributed by atoms with E-state index in [9.17, 15) is 0 Å². The Morgan fingerprint density at radius 3 is 2.81 bits per heavy atom. The molecule has 1 heterocycles. The SMILES string of the molecule is CCNCc1cccc(Br)c1OCc1c(C)nn(C)c1Cl. The van der Waals surface area contributed by atoms with Crippen molar-refractivity contribution in [1.29, 1.82) is 0 Å². The minimum Gasteiger partial charge on any atom is -0.487 e. The van der Waals surface area contributed by atoms with Crippen molar-refractivity contribution in [1.82, 2.24) is 15.1 Å². The zero-order valence-corrected chi connectivity index (χ0v) is 14.8. The largest absolute Gasteiger partial charge is 0.487 e. The van der Waals surface area contributed by atoms with Crippen LogP contribution in [0.15, 0.2) is 22.7 Å². The van der Waals surface area contributed by atoms with Gasteiger partial charge >= 0.3 is 0 Å². The molecule has 0 amide bonds. The van der Waals surface area contributed by atoms with Gasteiger partial charge in [-0.15, -0.1) is 0 Å². The van der Waals surface area contributed by atoms with Gasteiger partial charge in [0.15, 0.2) is 0 Å². The summed E-state index contributed by atoms with van der Waals surface area (Å²) in [5, 5.41) is 8.23. The predicted molar refractivity (Wildman–Crippen MR) is 88.8 cm³/mol. The van der Waals surface area contributed by atoms with Gasteiger partial charge in [0.1, 0.15) is 17.5 Å².